The summed E-state index contributed by atoms with van der Waals surface area (Å²) in [6.07, 6.45) is 1.22. The third-order valence-corrected chi connectivity index (χ3v) is 6.97. The molecule has 72 valence electrons. The van der Waals surface area contributed by atoms with Gasteiger partial charge in [-0.25, -0.2) is 0 Å². The second-order valence-electron chi connectivity index (χ2n) is 3.21. The Morgan fingerprint density at radius 1 is 1.46 bits per heavy atom. The Hall–Kier alpha value is 1.01. The van der Waals surface area contributed by atoms with Crippen LogP contribution >= 0.6 is 55.0 Å². The Bertz CT molecular complexity index is 285. The van der Waals surface area contributed by atoms with Gasteiger partial charge < -0.3 is 0 Å². The molecule has 1 aliphatic heterocycles. The lowest BCUT2D eigenvalue weighted by molar-refractivity contribution is 0.621. The van der Waals surface area contributed by atoms with Crippen LogP contribution in [-0.2, 0) is 6.42 Å². The number of thiophene rings is 1. The summed E-state index contributed by atoms with van der Waals surface area (Å²) in [5, 5.41) is 2.16. The first-order valence-electron chi connectivity index (χ1n) is 4.21. The van der Waals surface area contributed by atoms with Crippen molar-refractivity contribution < 1.29 is 0 Å². The lowest BCUT2D eigenvalue weighted by Gasteiger charge is -2.11. The quantitative estimate of drug-likeness (QED) is 0.727. The monoisotopic (exact) mass is 340 g/mol. The van der Waals surface area contributed by atoms with Crippen LogP contribution in [0.5, 0.6) is 0 Å². The van der Waals surface area contributed by atoms with E-state index < -0.39 is 0 Å². The van der Waals surface area contributed by atoms with Crippen molar-refractivity contribution in [2.24, 2.45) is 5.92 Å². The second-order valence-corrected chi connectivity index (χ2v) is 7.32. The third-order valence-electron chi connectivity index (χ3n) is 2.26. The molecule has 4 heteroatoms. The molecule has 1 saturated heterocycles. The molecule has 1 aliphatic rings. The Labute approximate surface area is 104 Å². The number of rotatable bonds is 2. The third kappa shape index (κ3) is 2.52. The number of hydrogen-bond acceptors (Lipinski definition) is 2. The van der Waals surface area contributed by atoms with Gasteiger partial charge in [-0.3, -0.25) is 0 Å². The fraction of sp³-hybridized carbons (Fsp3) is 0.556. The zero-order valence-corrected chi connectivity index (χ0v) is 11.8. The largest absolute Gasteiger partial charge is 0.160 e. The average Bonchev–Trinajstić information content (AvgIpc) is 2.65. The van der Waals surface area contributed by atoms with Crippen LogP contribution < -0.4 is 0 Å². The van der Waals surface area contributed by atoms with Crippen molar-refractivity contribution in [3.63, 3.8) is 0 Å². The molecule has 0 N–H and O–H groups in total. The number of thioether (sulfide) groups is 1. The van der Waals surface area contributed by atoms with Gasteiger partial charge in [0.15, 0.2) is 0 Å². The van der Waals surface area contributed by atoms with Gasteiger partial charge in [0, 0.05) is 19.9 Å². The smallest absolute Gasteiger partial charge is 0.0314 e. The predicted octanol–water partition coefficient (Wildman–Crippen LogP) is 4.18. The highest BCUT2D eigenvalue weighted by Gasteiger charge is 2.26. The van der Waals surface area contributed by atoms with Crippen LogP contribution in [0.1, 0.15) is 4.88 Å². The van der Waals surface area contributed by atoms with E-state index >= 15 is 0 Å². The van der Waals surface area contributed by atoms with Crippen molar-refractivity contribution in [3.8, 4) is 0 Å². The zero-order valence-electron chi connectivity index (χ0n) is 7.00. The average molecular weight is 342 g/mol. The summed E-state index contributed by atoms with van der Waals surface area (Å²) in [7, 11) is 0. The summed E-state index contributed by atoms with van der Waals surface area (Å²) in [6.45, 7) is 0. The van der Waals surface area contributed by atoms with Gasteiger partial charge in [0.25, 0.3) is 0 Å². The maximum Gasteiger partial charge on any atom is 0.0314 e. The van der Waals surface area contributed by atoms with E-state index in [4.69, 9.17) is 0 Å². The summed E-state index contributed by atoms with van der Waals surface area (Å²) in [6, 6.07) is 2.14. The molecule has 2 unspecified atom stereocenters. The molecule has 13 heavy (non-hydrogen) atoms. The van der Waals surface area contributed by atoms with E-state index in [0.717, 1.165) is 5.92 Å². The molecular weight excluding hydrogens is 332 g/mol. The number of alkyl halides is 1. The van der Waals surface area contributed by atoms with E-state index in [9.17, 15) is 0 Å². The molecule has 0 saturated carbocycles. The topological polar surface area (TPSA) is 0 Å². The van der Waals surface area contributed by atoms with E-state index in [0.29, 0.717) is 4.83 Å². The van der Waals surface area contributed by atoms with E-state index in [1.807, 2.05) is 11.3 Å². The first kappa shape index (κ1) is 10.5. The van der Waals surface area contributed by atoms with Crippen molar-refractivity contribution in [1.82, 2.24) is 0 Å². The summed E-state index contributed by atoms with van der Waals surface area (Å²) in [5.41, 5.74) is 0. The molecule has 1 aromatic rings. The Morgan fingerprint density at radius 3 is 2.85 bits per heavy atom. The molecule has 0 amide bonds. The SMILES string of the molecule is Brc1ccsc1CC1CSCC1Br. The van der Waals surface area contributed by atoms with E-state index in [1.165, 1.54) is 27.3 Å². The van der Waals surface area contributed by atoms with Gasteiger partial charge in [0.2, 0.25) is 0 Å². The molecule has 2 heterocycles. The predicted molar refractivity (Wildman–Crippen MR) is 69.3 cm³/mol. The number of halogens is 2. The normalized spacial score (nSPS) is 28.2. The van der Waals surface area contributed by atoms with Gasteiger partial charge in [0.05, 0.1) is 0 Å². The summed E-state index contributed by atoms with van der Waals surface area (Å²) < 4.78 is 1.29. The zero-order chi connectivity index (χ0) is 9.26. The molecule has 2 rings (SSSR count). The summed E-state index contributed by atoms with van der Waals surface area (Å²) >= 11 is 11.2. The van der Waals surface area contributed by atoms with Crippen LogP contribution in [0.25, 0.3) is 0 Å². The van der Waals surface area contributed by atoms with Gasteiger partial charge in [-0.05, 0) is 45.5 Å². The minimum absolute atomic E-state index is 0.714. The second kappa shape index (κ2) is 4.69. The minimum Gasteiger partial charge on any atom is -0.160 e. The highest BCUT2D eigenvalue weighted by Crippen LogP contribution is 2.35. The van der Waals surface area contributed by atoms with Gasteiger partial charge in [-0.2, -0.15) is 11.8 Å². The molecule has 0 aromatic carbocycles. The first-order chi connectivity index (χ1) is 6.27. The lowest BCUT2D eigenvalue weighted by atomic mass is 10.0. The van der Waals surface area contributed by atoms with Gasteiger partial charge in [0.1, 0.15) is 0 Å². The van der Waals surface area contributed by atoms with Crippen LogP contribution in [-0.4, -0.2) is 16.3 Å². The van der Waals surface area contributed by atoms with Crippen molar-refractivity contribution in [2.75, 3.05) is 11.5 Å². The fourth-order valence-corrected chi connectivity index (χ4v) is 5.55. The molecule has 0 radical (unpaired) electrons. The molecule has 1 aromatic heterocycles. The maximum absolute atomic E-state index is 3.74. The van der Waals surface area contributed by atoms with Crippen molar-refractivity contribution >= 4 is 55.0 Å². The van der Waals surface area contributed by atoms with Crippen molar-refractivity contribution in [3.05, 3.63) is 20.8 Å². The van der Waals surface area contributed by atoms with Crippen LogP contribution in [0.3, 0.4) is 0 Å². The summed E-state index contributed by atoms with van der Waals surface area (Å²) in [5.74, 6) is 3.40. The molecule has 1 fully saturated rings. The fourth-order valence-electron chi connectivity index (χ4n) is 1.47. The first-order valence-corrected chi connectivity index (χ1v) is 7.95. The molecule has 0 nitrogen and oxygen atoms in total. The Balaban J connectivity index is 2.01. The van der Waals surface area contributed by atoms with Crippen molar-refractivity contribution in [1.29, 1.82) is 0 Å². The standard InChI is InChI=1S/C9H10Br2S2/c10-7-1-2-13-9(7)3-6-4-12-5-8(6)11/h1-2,6,8H,3-5H2. The highest BCUT2D eigenvalue weighted by atomic mass is 79.9. The van der Waals surface area contributed by atoms with E-state index in [1.54, 1.807) is 0 Å². The van der Waals surface area contributed by atoms with Gasteiger partial charge >= 0.3 is 0 Å². The Morgan fingerprint density at radius 2 is 2.31 bits per heavy atom. The van der Waals surface area contributed by atoms with Crippen LogP contribution in [0.15, 0.2) is 15.9 Å². The molecule has 0 aliphatic carbocycles. The molecule has 2 atom stereocenters. The molecule has 0 spiro atoms. The minimum atomic E-state index is 0.714. The van der Waals surface area contributed by atoms with Crippen molar-refractivity contribution in [2.45, 2.75) is 11.2 Å². The maximum atomic E-state index is 3.74. The van der Waals surface area contributed by atoms with Crippen LogP contribution in [0.4, 0.5) is 0 Å². The molecule has 0 bridgehead atoms. The Kier molecular flexibility index (Phi) is 3.79. The van der Waals surface area contributed by atoms with Gasteiger partial charge in [-0.15, -0.1) is 11.3 Å². The van der Waals surface area contributed by atoms with E-state index in [2.05, 4.69) is 55.1 Å². The van der Waals surface area contributed by atoms with Crippen LogP contribution in [0, 0.1) is 5.92 Å². The highest BCUT2D eigenvalue weighted by molar-refractivity contribution is 9.10. The number of hydrogen-bond donors (Lipinski definition) is 0. The lowest BCUT2D eigenvalue weighted by Crippen LogP contribution is -2.13. The van der Waals surface area contributed by atoms with Gasteiger partial charge in [-0.1, -0.05) is 15.9 Å². The van der Waals surface area contributed by atoms with Crippen LogP contribution in [0.2, 0.25) is 0 Å². The molecular formula is C9H10Br2S2. The summed E-state index contributed by atoms with van der Waals surface area (Å²) in [4.78, 5) is 2.21. The van der Waals surface area contributed by atoms with E-state index in [-0.39, 0.29) is 0 Å².